The highest BCUT2D eigenvalue weighted by molar-refractivity contribution is 5.97. The Labute approximate surface area is 333 Å². The van der Waals surface area contributed by atoms with Gasteiger partial charge in [-0.15, -0.1) is 25.7 Å². The second kappa shape index (κ2) is 15.2. The summed E-state index contributed by atoms with van der Waals surface area (Å²) >= 11 is 0. The van der Waals surface area contributed by atoms with Crippen LogP contribution in [0.2, 0.25) is 0 Å². The van der Waals surface area contributed by atoms with Gasteiger partial charge in [0.25, 0.3) is 0 Å². The number of nitrogens with zero attached hydrogens (tertiary/aromatic N) is 2. The van der Waals surface area contributed by atoms with Gasteiger partial charge in [0.2, 0.25) is 0 Å². The van der Waals surface area contributed by atoms with Crippen molar-refractivity contribution in [1.29, 1.82) is 0 Å². The van der Waals surface area contributed by atoms with Gasteiger partial charge in [0.05, 0.1) is 22.8 Å². The molecule has 0 amide bonds. The number of nitrogens with two attached hydrogens (primary N) is 1. The Morgan fingerprint density at radius 1 is 0.404 bits per heavy atom. The molecule has 3 N–H and O–H groups in total. The summed E-state index contributed by atoms with van der Waals surface area (Å²) in [6.45, 7) is 2.06. The summed E-state index contributed by atoms with van der Waals surface area (Å²) in [6.07, 6.45) is 31.1. The summed E-state index contributed by atoms with van der Waals surface area (Å²) in [5.41, 5.74) is 23.7. The topological polar surface area (TPSA) is 67.6 Å². The molecule has 266 valence electrons. The molecule has 2 aromatic heterocycles. The van der Waals surface area contributed by atoms with Crippen LogP contribution in [0.15, 0.2) is 121 Å². The molecule has 8 rings (SSSR count). The SMILES string of the molecule is C#Cc1ccc(-c2c(C)ccc(N)c(-c3ccc(C#C)cc3)c3nc(c(-c4ccc(C#C)cc4)c4ccc([nH]4)c(-c4ccc(C#C)cc4)c4nc2C=C4)C=C3)cc1. The van der Waals surface area contributed by atoms with Crippen LogP contribution in [0.4, 0.5) is 5.69 Å². The van der Waals surface area contributed by atoms with Crippen molar-refractivity contribution in [1.82, 2.24) is 15.0 Å². The van der Waals surface area contributed by atoms with E-state index in [2.05, 4.69) is 59.9 Å². The van der Waals surface area contributed by atoms with Crippen LogP contribution in [0.25, 0.3) is 79.8 Å². The molecule has 4 heterocycles. The number of aromatic nitrogens is 3. The van der Waals surface area contributed by atoms with Crippen molar-refractivity contribution < 1.29 is 0 Å². The summed E-state index contributed by atoms with van der Waals surface area (Å²) in [5, 5.41) is 0. The molecule has 0 saturated heterocycles. The second-order valence-electron chi connectivity index (χ2n) is 13.6. The minimum atomic E-state index is 0.531. The van der Waals surface area contributed by atoms with Crippen LogP contribution in [-0.4, -0.2) is 15.0 Å². The number of nitrogen functional groups attached to an aromatic ring is 1. The van der Waals surface area contributed by atoms with E-state index in [-0.39, 0.29) is 0 Å². The van der Waals surface area contributed by atoms with Gasteiger partial charge in [-0.25, -0.2) is 9.97 Å². The maximum absolute atomic E-state index is 7.06. The third-order valence-electron chi connectivity index (χ3n) is 10.1. The summed E-state index contributed by atoms with van der Waals surface area (Å²) in [6, 6.07) is 39.7. The minimum absolute atomic E-state index is 0.531. The van der Waals surface area contributed by atoms with Gasteiger partial charge >= 0.3 is 0 Å². The Bertz CT molecular complexity index is 2810. The van der Waals surface area contributed by atoms with Gasteiger partial charge in [-0.1, -0.05) is 78.3 Å². The number of aryl methyl sites for hydroxylation is 1. The highest BCUT2D eigenvalue weighted by Crippen LogP contribution is 2.38. The second-order valence-corrected chi connectivity index (χ2v) is 13.6. The number of anilines is 1. The average molecular weight is 727 g/mol. The maximum Gasteiger partial charge on any atom is 0.0737 e. The Morgan fingerprint density at radius 3 is 1.09 bits per heavy atom. The molecule has 0 radical (unpaired) electrons. The van der Waals surface area contributed by atoms with E-state index in [9.17, 15) is 0 Å². The smallest absolute Gasteiger partial charge is 0.0737 e. The maximum atomic E-state index is 7.06. The summed E-state index contributed by atoms with van der Waals surface area (Å²) in [7, 11) is 0. The number of H-pyrrole nitrogens is 1. The molecule has 0 saturated carbocycles. The number of benzene rings is 4. The van der Waals surface area contributed by atoms with Crippen molar-refractivity contribution in [2.24, 2.45) is 0 Å². The van der Waals surface area contributed by atoms with Crippen molar-refractivity contribution in [2.45, 2.75) is 6.92 Å². The fraction of sp³-hybridized carbons (Fsp3) is 0.0189. The van der Waals surface area contributed by atoms with Gasteiger partial charge in [-0.3, -0.25) is 0 Å². The Kier molecular flexibility index (Phi) is 9.54. The average Bonchev–Trinajstić information content (AvgIpc) is 4.05. The van der Waals surface area contributed by atoms with Gasteiger partial charge in [-0.05, 0) is 126 Å². The van der Waals surface area contributed by atoms with E-state index in [0.717, 1.165) is 100 Å². The first kappa shape index (κ1) is 35.7. The largest absolute Gasteiger partial charge is 0.398 e. The molecule has 4 heteroatoms. The summed E-state index contributed by atoms with van der Waals surface area (Å²) in [4.78, 5) is 14.3. The standard InChI is InChI=1S/C53H34N4/c1-6-35-11-19-39(20-12-35)50-34(5)10-27-43(54)51(40-21-13-36(7-2)14-22-40)45-29-31-47(56-45)53(42-25-17-38(9-4)18-26-42)49-33-32-48(57-49)52(46-30-28-44(50)55-46)41-23-15-37(8-3)16-24-41/h1-4,10-33,57H,54H2,5H3. The first-order chi connectivity index (χ1) is 27.9. The van der Waals surface area contributed by atoms with E-state index in [1.807, 2.05) is 121 Å². The highest BCUT2D eigenvalue weighted by Gasteiger charge is 2.18. The van der Waals surface area contributed by atoms with E-state index in [4.69, 9.17) is 41.4 Å². The molecule has 6 aromatic rings. The molecule has 4 aromatic carbocycles. The quantitative estimate of drug-likeness (QED) is 0.177. The third-order valence-corrected chi connectivity index (χ3v) is 10.1. The van der Waals surface area contributed by atoms with Crippen LogP contribution in [0.1, 0.15) is 50.6 Å². The first-order valence-corrected chi connectivity index (χ1v) is 18.3. The predicted octanol–water partition coefficient (Wildman–Crippen LogP) is 11.2. The monoisotopic (exact) mass is 726 g/mol. The molecule has 2 aliphatic heterocycles. The number of hydrogen-bond donors (Lipinski definition) is 2. The minimum Gasteiger partial charge on any atom is -0.398 e. The van der Waals surface area contributed by atoms with Gasteiger partial charge in [0.15, 0.2) is 0 Å². The van der Waals surface area contributed by atoms with Crippen LogP contribution in [-0.2, 0) is 0 Å². The molecule has 4 nitrogen and oxygen atoms in total. The van der Waals surface area contributed by atoms with Gasteiger partial charge in [0, 0.05) is 61.2 Å². The van der Waals surface area contributed by atoms with Crippen LogP contribution >= 0.6 is 0 Å². The van der Waals surface area contributed by atoms with Crippen molar-refractivity contribution in [3.05, 3.63) is 172 Å². The number of rotatable bonds is 4. The molecule has 0 fully saturated rings. The zero-order chi connectivity index (χ0) is 39.5. The Hall–Kier alpha value is -8.28. The van der Waals surface area contributed by atoms with Crippen LogP contribution in [0.3, 0.4) is 0 Å². The van der Waals surface area contributed by atoms with E-state index < -0.39 is 0 Å². The molecule has 0 aliphatic carbocycles. The van der Waals surface area contributed by atoms with Crippen molar-refractivity contribution >= 4 is 41.0 Å². The van der Waals surface area contributed by atoms with Crippen molar-refractivity contribution in [2.75, 3.05) is 5.73 Å². The molecular weight excluding hydrogens is 693 g/mol. The predicted molar refractivity (Wildman–Crippen MR) is 238 cm³/mol. The van der Waals surface area contributed by atoms with Crippen LogP contribution in [0.5, 0.6) is 0 Å². The normalized spacial score (nSPS) is 11.1. The van der Waals surface area contributed by atoms with Gasteiger partial charge in [0.1, 0.15) is 0 Å². The lowest BCUT2D eigenvalue weighted by molar-refractivity contribution is 1.30. The molecule has 0 unspecified atom stereocenters. The fourth-order valence-electron chi connectivity index (χ4n) is 7.20. The Balaban J connectivity index is 1.54. The molecule has 2 aliphatic rings. The molecular formula is C53H34N4. The van der Waals surface area contributed by atoms with E-state index in [0.29, 0.717) is 11.4 Å². The molecule has 57 heavy (non-hydrogen) atoms. The summed E-state index contributed by atoms with van der Waals surface area (Å²) in [5.74, 6) is 10.9. The van der Waals surface area contributed by atoms with Crippen LogP contribution in [0, 0.1) is 56.3 Å². The van der Waals surface area contributed by atoms with Gasteiger partial charge in [-0.2, -0.15) is 0 Å². The number of hydrogen-bond acceptors (Lipinski definition) is 3. The number of aromatic amines is 1. The molecule has 6 bridgehead atoms. The molecule has 0 spiro atoms. The zero-order valence-electron chi connectivity index (χ0n) is 31.1. The number of fused-ring (bicyclic) bond motifs is 6. The van der Waals surface area contributed by atoms with Gasteiger partial charge < -0.3 is 10.7 Å². The van der Waals surface area contributed by atoms with E-state index in [1.54, 1.807) is 0 Å². The summed E-state index contributed by atoms with van der Waals surface area (Å²) < 4.78 is 0. The van der Waals surface area contributed by atoms with E-state index in [1.165, 1.54) is 0 Å². The number of terminal acetylenes is 4. The highest BCUT2D eigenvalue weighted by atomic mass is 14.8. The first-order valence-electron chi connectivity index (χ1n) is 18.3. The third kappa shape index (κ3) is 6.96. The fourth-order valence-corrected chi connectivity index (χ4v) is 7.20. The lowest BCUT2D eigenvalue weighted by Crippen LogP contribution is -1.93. The van der Waals surface area contributed by atoms with E-state index >= 15 is 0 Å². The Morgan fingerprint density at radius 2 is 0.719 bits per heavy atom. The lowest BCUT2D eigenvalue weighted by atomic mass is 9.98. The number of nitrogens with one attached hydrogen (secondary N) is 1. The zero-order valence-corrected chi connectivity index (χ0v) is 31.1. The van der Waals surface area contributed by atoms with Crippen molar-refractivity contribution in [3.8, 4) is 93.9 Å². The van der Waals surface area contributed by atoms with Crippen LogP contribution < -0.4 is 5.73 Å². The van der Waals surface area contributed by atoms with Crippen molar-refractivity contribution in [3.63, 3.8) is 0 Å². The molecule has 0 atom stereocenters. The lowest BCUT2D eigenvalue weighted by Gasteiger charge is -2.08.